The number of rotatable bonds is 5. The number of hydrogen-bond acceptors (Lipinski definition) is 5. The van der Waals surface area contributed by atoms with Crippen molar-refractivity contribution in [1.29, 1.82) is 0 Å². The van der Waals surface area contributed by atoms with E-state index in [1.54, 1.807) is 12.1 Å². The van der Waals surface area contributed by atoms with Gasteiger partial charge >= 0.3 is 6.18 Å². The summed E-state index contributed by atoms with van der Waals surface area (Å²) in [4.78, 5) is 12.2. The number of sulfone groups is 1. The van der Waals surface area contributed by atoms with E-state index in [1.807, 2.05) is 11.6 Å². The molecule has 0 spiro atoms. The summed E-state index contributed by atoms with van der Waals surface area (Å²) in [6.45, 7) is 0.282. The minimum absolute atomic E-state index is 0.0713. The predicted molar refractivity (Wildman–Crippen MR) is 100 cm³/mol. The summed E-state index contributed by atoms with van der Waals surface area (Å²) >= 11 is 7.47. The lowest BCUT2D eigenvalue weighted by atomic mass is 10.1. The molecular formula is C17H15ClF3NO4S2. The first-order chi connectivity index (χ1) is 12.8. The Morgan fingerprint density at radius 2 is 1.71 bits per heavy atom. The van der Waals surface area contributed by atoms with Gasteiger partial charge in [-0.1, -0.05) is 17.7 Å². The van der Waals surface area contributed by atoms with Crippen LogP contribution in [-0.4, -0.2) is 37.5 Å². The Morgan fingerprint density at radius 3 is 2.21 bits per heavy atom. The third-order valence-electron chi connectivity index (χ3n) is 3.86. The molecule has 11 heteroatoms. The summed E-state index contributed by atoms with van der Waals surface area (Å²) in [5.74, 6) is -1.79. The van der Waals surface area contributed by atoms with Gasteiger partial charge in [-0.15, -0.1) is 11.8 Å². The van der Waals surface area contributed by atoms with Crippen LogP contribution >= 0.6 is 23.4 Å². The fourth-order valence-electron chi connectivity index (χ4n) is 2.07. The minimum atomic E-state index is -5.23. The van der Waals surface area contributed by atoms with Gasteiger partial charge in [0.1, 0.15) is 0 Å². The third-order valence-corrected chi connectivity index (χ3v) is 6.94. The molecule has 152 valence electrons. The Bertz CT molecular complexity index is 990. The van der Waals surface area contributed by atoms with Crippen LogP contribution in [0.25, 0.3) is 0 Å². The lowest BCUT2D eigenvalue weighted by molar-refractivity contribution is -0.242. The molecule has 0 unspecified atom stereocenters. The second kappa shape index (κ2) is 7.94. The van der Waals surface area contributed by atoms with Gasteiger partial charge in [0.15, 0.2) is 0 Å². The number of benzene rings is 2. The van der Waals surface area contributed by atoms with Crippen molar-refractivity contribution in [2.45, 2.75) is 33.4 Å². The van der Waals surface area contributed by atoms with Crippen molar-refractivity contribution in [3.05, 3.63) is 47.5 Å². The maximum Gasteiger partial charge on any atom is 0.426 e. The molecule has 1 amide bonds. The topological polar surface area (TPSA) is 83.5 Å². The molecule has 0 fully saturated rings. The van der Waals surface area contributed by atoms with Gasteiger partial charge in [-0.05, 0) is 49.6 Å². The Morgan fingerprint density at radius 1 is 1.14 bits per heavy atom. The van der Waals surface area contributed by atoms with Crippen LogP contribution in [0.4, 0.5) is 18.9 Å². The second-order valence-corrected chi connectivity index (χ2v) is 9.00. The SMILES string of the molecule is CSc1ccc(S(=O)(=O)c2cccc(NC(=O)[C@@](C)(O)C(F)(F)F)c2Cl)cc1. The maximum absolute atomic E-state index is 12.8. The van der Waals surface area contributed by atoms with E-state index in [0.717, 1.165) is 17.0 Å². The molecular weight excluding hydrogens is 439 g/mol. The van der Waals surface area contributed by atoms with Crippen LogP contribution in [0.5, 0.6) is 0 Å². The number of nitrogens with one attached hydrogen (secondary N) is 1. The van der Waals surface area contributed by atoms with Crippen molar-refractivity contribution in [3.8, 4) is 0 Å². The van der Waals surface area contributed by atoms with Gasteiger partial charge in [-0.3, -0.25) is 4.79 Å². The first kappa shape index (κ1) is 22.5. The highest BCUT2D eigenvalue weighted by Crippen LogP contribution is 2.36. The fraction of sp³-hybridized carbons (Fsp3) is 0.235. The van der Waals surface area contributed by atoms with Gasteiger partial charge in [0.05, 0.1) is 20.5 Å². The van der Waals surface area contributed by atoms with Crippen molar-refractivity contribution < 1.29 is 31.5 Å². The first-order valence-corrected chi connectivity index (χ1v) is 10.7. The zero-order valence-electron chi connectivity index (χ0n) is 14.5. The Labute approximate surface area is 168 Å². The number of aliphatic hydroxyl groups is 1. The zero-order valence-corrected chi connectivity index (χ0v) is 16.9. The van der Waals surface area contributed by atoms with Crippen molar-refractivity contribution in [2.75, 3.05) is 11.6 Å². The van der Waals surface area contributed by atoms with E-state index in [4.69, 9.17) is 11.6 Å². The normalized spacial score (nSPS) is 14.4. The molecule has 2 aromatic carbocycles. The maximum atomic E-state index is 12.8. The Hall–Kier alpha value is -1.75. The number of hydrogen-bond donors (Lipinski definition) is 2. The summed E-state index contributed by atoms with van der Waals surface area (Å²) in [6, 6.07) is 9.44. The average molecular weight is 454 g/mol. The van der Waals surface area contributed by atoms with Gasteiger partial charge in [-0.2, -0.15) is 13.2 Å². The molecule has 28 heavy (non-hydrogen) atoms. The third kappa shape index (κ3) is 4.29. The molecule has 0 aliphatic carbocycles. The van der Waals surface area contributed by atoms with Gasteiger partial charge in [0.2, 0.25) is 15.4 Å². The van der Waals surface area contributed by atoms with Crippen molar-refractivity contribution in [2.24, 2.45) is 0 Å². The second-order valence-electron chi connectivity index (χ2n) is 5.82. The summed E-state index contributed by atoms with van der Waals surface area (Å²) < 4.78 is 64.0. The molecule has 0 bridgehead atoms. The van der Waals surface area contributed by atoms with Crippen molar-refractivity contribution in [1.82, 2.24) is 0 Å². The molecule has 0 aromatic heterocycles. The number of amides is 1. The smallest absolute Gasteiger partial charge is 0.373 e. The Balaban J connectivity index is 2.43. The lowest BCUT2D eigenvalue weighted by Crippen LogP contribution is -2.52. The minimum Gasteiger partial charge on any atom is -0.373 e. The number of carbonyl (C=O) groups excluding carboxylic acids is 1. The van der Waals surface area contributed by atoms with E-state index in [1.165, 1.54) is 30.0 Å². The molecule has 2 rings (SSSR count). The average Bonchev–Trinajstić information content (AvgIpc) is 2.62. The largest absolute Gasteiger partial charge is 0.426 e. The van der Waals surface area contributed by atoms with Crippen LogP contribution in [0.3, 0.4) is 0 Å². The summed E-state index contributed by atoms with van der Waals surface area (Å²) in [5, 5.41) is 10.8. The number of carbonyl (C=O) groups is 1. The number of thioether (sulfide) groups is 1. The van der Waals surface area contributed by atoms with Crippen LogP contribution in [-0.2, 0) is 14.6 Å². The lowest BCUT2D eigenvalue weighted by Gasteiger charge is -2.25. The van der Waals surface area contributed by atoms with Crippen LogP contribution < -0.4 is 5.32 Å². The molecule has 2 N–H and O–H groups in total. The van der Waals surface area contributed by atoms with E-state index in [-0.39, 0.29) is 17.5 Å². The monoisotopic (exact) mass is 453 g/mol. The highest BCUT2D eigenvalue weighted by Gasteiger charge is 2.55. The number of anilines is 1. The zero-order chi connectivity index (χ0) is 21.3. The molecule has 0 saturated heterocycles. The van der Waals surface area contributed by atoms with E-state index in [0.29, 0.717) is 0 Å². The standard InChI is InChI=1S/C17H15ClF3NO4S2/c1-16(24,17(19,20)21)15(23)22-12-4-3-5-13(14(12)18)28(25,26)11-8-6-10(27-2)7-9-11/h3-9,24H,1-2H3,(H,22,23)/t16-/m1/s1. The van der Waals surface area contributed by atoms with Crippen molar-refractivity contribution in [3.63, 3.8) is 0 Å². The number of halogens is 4. The van der Waals surface area contributed by atoms with E-state index >= 15 is 0 Å². The molecule has 0 saturated carbocycles. The highest BCUT2D eigenvalue weighted by molar-refractivity contribution is 7.98. The number of alkyl halides is 3. The highest BCUT2D eigenvalue weighted by atomic mass is 35.5. The van der Waals surface area contributed by atoms with Crippen molar-refractivity contribution >= 4 is 44.8 Å². The summed E-state index contributed by atoms with van der Waals surface area (Å²) in [7, 11) is -4.09. The summed E-state index contributed by atoms with van der Waals surface area (Å²) in [6.07, 6.45) is -3.41. The summed E-state index contributed by atoms with van der Waals surface area (Å²) in [5.41, 5.74) is -4.06. The molecule has 2 aromatic rings. The van der Waals surface area contributed by atoms with Crippen LogP contribution in [0.2, 0.25) is 5.02 Å². The molecule has 0 heterocycles. The molecule has 0 aliphatic heterocycles. The molecule has 0 radical (unpaired) electrons. The quantitative estimate of drug-likeness (QED) is 0.664. The van der Waals surface area contributed by atoms with Gasteiger partial charge in [-0.25, -0.2) is 8.42 Å². The van der Waals surface area contributed by atoms with E-state index in [2.05, 4.69) is 0 Å². The van der Waals surface area contributed by atoms with E-state index < -0.39 is 37.4 Å². The Kier molecular flexibility index (Phi) is 6.39. The van der Waals surface area contributed by atoms with Gasteiger partial charge in [0, 0.05) is 4.90 Å². The predicted octanol–water partition coefficient (Wildman–Crippen LogP) is 4.15. The van der Waals surface area contributed by atoms with Crippen LogP contribution in [0.1, 0.15) is 6.92 Å². The molecule has 5 nitrogen and oxygen atoms in total. The molecule has 1 atom stereocenters. The first-order valence-electron chi connectivity index (χ1n) is 7.60. The van der Waals surface area contributed by atoms with Crippen LogP contribution in [0.15, 0.2) is 57.2 Å². The van der Waals surface area contributed by atoms with Gasteiger partial charge in [0.25, 0.3) is 5.91 Å². The van der Waals surface area contributed by atoms with Gasteiger partial charge < -0.3 is 10.4 Å². The van der Waals surface area contributed by atoms with Crippen LogP contribution in [0, 0.1) is 0 Å². The fourth-order valence-corrected chi connectivity index (χ4v) is 4.31. The van der Waals surface area contributed by atoms with E-state index in [9.17, 15) is 31.5 Å². The molecule has 0 aliphatic rings.